The van der Waals surface area contributed by atoms with Crippen LogP contribution >= 0.6 is 0 Å². The molecular weight excluding hydrogens is 414 g/mol. The van der Waals surface area contributed by atoms with Crippen LogP contribution in [-0.4, -0.2) is 64.3 Å². The summed E-state index contributed by atoms with van der Waals surface area (Å²) in [4.78, 5) is 19.6. The van der Waals surface area contributed by atoms with Gasteiger partial charge in [-0.05, 0) is 62.9 Å². The molecule has 8 nitrogen and oxygen atoms in total. The van der Waals surface area contributed by atoms with Gasteiger partial charge in [-0.1, -0.05) is 6.07 Å². The zero-order valence-corrected chi connectivity index (χ0v) is 19.3. The van der Waals surface area contributed by atoms with E-state index in [-0.39, 0.29) is 19.0 Å². The lowest BCUT2D eigenvalue weighted by Crippen LogP contribution is -2.50. The molecular formula is C22H27N5O3S. The number of hydrogen-bond acceptors (Lipinski definition) is 5. The fourth-order valence-corrected chi connectivity index (χ4v) is 6.23. The average molecular weight is 442 g/mol. The number of hydrogen-bond donors (Lipinski definition) is 0. The number of aryl methyl sites for hydroxylation is 3. The van der Waals surface area contributed by atoms with Crippen LogP contribution in [-0.2, 0) is 10.0 Å². The second kappa shape index (κ2) is 7.72. The summed E-state index contributed by atoms with van der Waals surface area (Å²) >= 11 is 0. The van der Waals surface area contributed by atoms with Gasteiger partial charge >= 0.3 is 0 Å². The molecule has 9 heteroatoms. The maximum absolute atomic E-state index is 13.5. The van der Waals surface area contributed by atoms with Crippen LogP contribution in [0.5, 0.6) is 0 Å². The number of sulfonamides is 1. The minimum absolute atomic E-state index is 0.165. The molecule has 1 aromatic carbocycles. The molecule has 0 aliphatic carbocycles. The van der Waals surface area contributed by atoms with Crippen molar-refractivity contribution in [3.63, 3.8) is 0 Å². The minimum atomic E-state index is -3.65. The molecule has 0 spiro atoms. The summed E-state index contributed by atoms with van der Waals surface area (Å²) in [5.74, 6) is -0.165. The number of carbonyl (C=O) groups is 1. The third-order valence-electron chi connectivity index (χ3n) is 6.21. The second-order valence-corrected chi connectivity index (χ2v) is 10.0. The first-order valence-corrected chi connectivity index (χ1v) is 11.7. The van der Waals surface area contributed by atoms with Gasteiger partial charge in [0.25, 0.3) is 5.91 Å². The SMILES string of the molecule is Cc1cc(C)c(C)c(S(=O)(=O)N2CCN(C(=O)c3c(C)nn4cccnc34)CC2)c1C. The van der Waals surface area contributed by atoms with E-state index < -0.39 is 10.0 Å². The van der Waals surface area contributed by atoms with E-state index in [0.29, 0.717) is 34.9 Å². The highest BCUT2D eigenvalue weighted by molar-refractivity contribution is 7.89. The zero-order chi connectivity index (χ0) is 22.5. The van der Waals surface area contributed by atoms with Gasteiger partial charge in [0.05, 0.1) is 10.6 Å². The number of amides is 1. The largest absolute Gasteiger partial charge is 0.336 e. The fourth-order valence-electron chi connectivity index (χ4n) is 4.23. The smallest absolute Gasteiger partial charge is 0.259 e. The lowest BCUT2D eigenvalue weighted by Gasteiger charge is -2.34. The van der Waals surface area contributed by atoms with Crippen LogP contribution in [0.25, 0.3) is 5.65 Å². The van der Waals surface area contributed by atoms with Crippen LogP contribution in [0.3, 0.4) is 0 Å². The third-order valence-corrected chi connectivity index (χ3v) is 8.38. The highest BCUT2D eigenvalue weighted by atomic mass is 32.2. The van der Waals surface area contributed by atoms with E-state index >= 15 is 0 Å². The van der Waals surface area contributed by atoms with Gasteiger partial charge in [-0.25, -0.2) is 17.9 Å². The van der Waals surface area contributed by atoms with Crippen molar-refractivity contribution in [1.29, 1.82) is 0 Å². The highest BCUT2D eigenvalue weighted by Gasteiger charge is 2.34. The first kappa shape index (κ1) is 21.5. The maximum Gasteiger partial charge on any atom is 0.259 e. The van der Waals surface area contributed by atoms with E-state index in [9.17, 15) is 13.2 Å². The highest BCUT2D eigenvalue weighted by Crippen LogP contribution is 2.29. The summed E-state index contributed by atoms with van der Waals surface area (Å²) in [7, 11) is -3.65. The zero-order valence-electron chi connectivity index (χ0n) is 18.5. The Morgan fingerprint density at radius 2 is 1.58 bits per heavy atom. The number of piperazine rings is 1. The molecule has 1 aliphatic heterocycles. The molecule has 1 amide bonds. The molecule has 0 unspecified atom stereocenters. The van der Waals surface area contributed by atoms with E-state index in [1.165, 1.54) is 4.31 Å². The van der Waals surface area contributed by atoms with Crippen molar-refractivity contribution in [2.45, 2.75) is 39.5 Å². The molecule has 4 rings (SSSR count). The van der Waals surface area contributed by atoms with Gasteiger partial charge in [-0.2, -0.15) is 9.40 Å². The molecule has 0 atom stereocenters. The number of aromatic nitrogens is 3. The summed E-state index contributed by atoms with van der Waals surface area (Å²) in [6.07, 6.45) is 3.39. The van der Waals surface area contributed by atoms with Gasteiger partial charge < -0.3 is 4.90 Å². The average Bonchev–Trinajstić information content (AvgIpc) is 3.07. The molecule has 0 bridgehead atoms. The molecule has 164 valence electrons. The molecule has 2 aromatic heterocycles. The Morgan fingerprint density at radius 3 is 2.19 bits per heavy atom. The molecule has 1 fully saturated rings. The molecule has 31 heavy (non-hydrogen) atoms. The summed E-state index contributed by atoms with van der Waals surface area (Å²) < 4.78 is 30.0. The first-order chi connectivity index (χ1) is 14.6. The van der Waals surface area contributed by atoms with Crippen LogP contribution in [0.15, 0.2) is 29.4 Å². The molecule has 1 aliphatic rings. The lowest BCUT2D eigenvalue weighted by molar-refractivity contribution is 0.0699. The molecule has 0 saturated carbocycles. The van der Waals surface area contributed by atoms with E-state index in [1.54, 1.807) is 34.8 Å². The van der Waals surface area contributed by atoms with Crippen molar-refractivity contribution in [1.82, 2.24) is 23.8 Å². The minimum Gasteiger partial charge on any atom is -0.336 e. The summed E-state index contributed by atoms with van der Waals surface area (Å²) in [6, 6.07) is 3.78. The maximum atomic E-state index is 13.5. The lowest BCUT2D eigenvalue weighted by atomic mass is 10.0. The number of carbonyl (C=O) groups excluding carboxylic acids is 1. The van der Waals surface area contributed by atoms with Gasteiger partial charge in [0.1, 0.15) is 5.56 Å². The normalized spacial score (nSPS) is 15.6. The van der Waals surface area contributed by atoms with Gasteiger partial charge in [0, 0.05) is 38.6 Å². The van der Waals surface area contributed by atoms with E-state index in [4.69, 9.17) is 0 Å². The fraction of sp³-hybridized carbons (Fsp3) is 0.409. The quantitative estimate of drug-likeness (QED) is 0.623. The van der Waals surface area contributed by atoms with Gasteiger partial charge in [0.2, 0.25) is 10.0 Å². The molecule has 1 saturated heterocycles. The number of fused-ring (bicyclic) bond motifs is 1. The van der Waals surface area contributed by atoms with Gasteiger partial charge in [0.15, 0.2) is 5.65 Å². The predicted octanol–water partition coefficient (Wildman–Crippen LogP) is 2.42. The van der Waals surface area contributed by atoms with Crippen molar-refractivity contribution < 1.29 is 13.2 Å². The first-order valence-electron chi connectivity index (χ1n) is 10.3. The number of benzene rings is 1. The summed E-state index contributed by atoms with van der Waals surface area (Å²) in [6.45, 7) is 10.5. The molecule has 0 N–H and O–H groups in total. The van der Waals surface area contributed by atoms with Crippen molar-refractivity contribution in [2.24, 2.45) is 0 Å². The monoisotopic (exact) mass is 441 g/mol. The standard InChI is InChI=1S/C22H27N5O3S/c1-14-13-15(2)17(4)20(16(14)3)31(29,30)26-11-9-25(10-12-26)22(28)19-18(5)24-27-8-6-7-23-21(19)27/h6-8,13H,9-12H2,1-5H3. The Morgan fingerprint density at radius 1 is 0.968 bits per heavy atom. The predicted molar refractivity (Wildman–Crippen MR) is 118 cm³/mol. The van der Waals surface area contributed by atoms with E-state index in [0.717, 1.165) is 22.3 Å². The van der Waals surface area contributed by atoms with Crippen LogP contribution < -0.4 is 0 Å². The van der Waals surface area contributed by atoms with Crippen molar-refractivity contribution in [2.75, 3.05) is 26.2 Å². The van der Waals surface area contributed by atoms with Gasteiger partial charge in [-0.15, -0.1) is 0 Å². The van der Waals surface area contributed by atoms with E-state index in [1.807, 2.05) is 33.8 Å². The topological polar surface area (TPSA) is 87.9 Å². The van der Waals surface area contributed by atoms with Crippen molar-refractivity contribution in [3.05, 3.63) is 58.0 Å². The molecule has 3 aromatic rings. The van der Waals surface area contributed by atoms with Crippen LogP contribution in [0, 0.1) is 34.6 Å². The van der Waals surface area contributed by atoms with Crippen molar-refractivity contribution in [3.8, 4) is 0 Å². The van der Waals surface area contributed by atoms with Crippen LogP contribution in [0.1, 0.15) is 38.3 Å². The van der Waals surface area contributed by atoms with E-state index in [2.05, 4.69) is 10.1 Å². The summed E-state index contributed by atoms with van der Waals surface area (Å²) in [5, 5.41) is 4.36. The Bertz CT molecular complexity index is 1260. The Kier molecular flexibility index (Phi) is 5.35. The molecule has 3 heterocycles. The van der Waals surface area contributed by atoms with Crippen LogP contribution in [0.4, 0.5) is 0 Å². The summed E-state index contributed by atoms with van der Waals surface area (Å²) in [5.41, 5.74) is 5.10. The number of rotatable bonds is 3. The Labute approximate surface area is 182 Å². The Hall–Kier alpha value is -2.78. The molecule has 0 radical (unpaired) electrons. The van der Waals surface area contributed by atoms with Crippen LogP contribution in [0.2, 0.25) is 0 Å². The Balaban J connectivity index is 1.58. The van der Waals surface area contributed by atoms with Gasteiger partial charge in [-0.3, -0.25) is 4.79 Å². The second-order valence-electron chi connectivity index (χ2n) is 8.13. The van der Waals surface area contributed by atoms with Crippen molar-refractivity contribution >= 4 is 21.6 Å². The number of nitrogens with zero attached hydrogens (tertiary/aromatic N) is 5. The third kappa shape index (κ3) is 3.51.